The fourth-order valence-electron chi connectivity index (χ4n) is 1.80. The molecule has 96 valence electrons. The molecule has 0 spiro atoms. The fourth-order valence-corrected chi connectivity index (χ4v) is 1.80. The average molecular weight is 256 g/mol. The Labute approximate surface area is 111 Å². The summed E-state index contributed by atoms with van der Waals surface area (Å²) in [5.41, 5.74) is 1.26. The zero-order chi connectivity index (χ0) is 13.7. The molecule has 0 heterocycles. The van der Waals surface area contributed by atoms with Crippen LogP contribution in [-0.2, 0) is 6.61 Å². The van der Waals surface area contributed by atoms with Crippen molar-refractivity contribution in [3.05, 3.63) is 59.7 Å². The Morgan fingerprint density at radius 3 is 2.42 bits per heavy atom. The molecule has 19 heavy (non-hydrogen) atoms. The molecular formula is C14H13BO4. The van der Waals surface area contributed by atoms with E-state index in [2.05, 4.69) is 0 Å². The summed E-state index contributed by atoms with van der Waals surface area (Å²) < 4.78 is 5.55. The van der Waals surface area contributed by atoms with E-state index in [1.807, 2.05) is 30.3 Å². The number of carbonyl (C=O) groups is 1. The maximum absolute atomic E-state index is 10.9. The number of ether oxygens (including phenoxy) is 1. The first-order chi connectivity index (χ1) is 9.22. The first-order valence-electron chi connectivity index (χ1n) is 5.83. The molecule has 0 amide bonds. The molecule has 0 saturated heterocycles. The van der Waals surface area contributed by atoms with Crippen molar-refractivity contribution in [1.29, 1.82) is 0 Å². The lowest BCUT2D eigenvalue weighted by Gasteiger charge is -2.12. The summed E-state index contributed by atoms with van der Waals surface area (Å²) in [6.07, 6.45) is 0.574. The SMILES string of the molecule is O=Cc1cccc(OCc2ccccc2)c1B(O)O. The van der Waals surface area contributed by atoms with E-state index in [9.17, 15) is 14.8 Å². The predicted octanol–water partition coefficient (Wildman–Crippen LogP) is 0.758. The molecule has 0 bridgehead atoms. The lowest BCUT2D eigenvalue weighted by atomic mass is 9.76. The van der Waals surface area contributed by atoms with E-state index in [1.54, 1.807) is 12.1 Å². The van der Waals surface area contributed by atoms with Gasteiger partial charge in [0.2, 0.25) is 0 Å². The van der Waals surface area contributed by atoms with Crippen LogP contribution in [-0.4, -0.2) is 23.5 Å². The van der Waals surface area contributed by atoms with Crippen molar-refractivity contribution in [3.63, 3.8) is 0 Å². The van der Waals surface area contributed by atoms with Gasteiger partial charge in [-0.3, -0.25) is 4.79 Å². The van der Waals surface area contributed by atoms with Gasteiger partial charge >= 0.3 is 7.12 Å². The molecule has 0 aromatic heterocycles. The van der Waals surface area contributed by atoms with Gasteiger partial charge < -0.3 is 14.8 Å². The van der Waals surface area contributed by atoms with Crippen molar-refractivity contribution in [2.24, 2.45) is 0 Å². The van der Waals surface area contributed by atoms with Crippen LogP contribution < -0.4 is 10.2 Å². The molecule has 2 aromatic carbocycles. The Kier molecular flexibility index (Phi) is 4.33. The summed E-state index contributed by atoms with van der Waals surface area (Å²) in [5.74, 6) is 0.295. The van der Waals surface area contributed by atoms with Gasteiger partial charge in [0.05, 0.1) is 0 Å². The molecule has 0 radical (unpaired) electrons. The summed E-state index contributed by atoms with van der Waals surface area (Å²) in [4.78, 5) is 10.9. The van der Waals surface area contributed by atoms with Crippen LogP contribution in [0.2, 0.25) is 0 Å². The molecule has 0 aliphatic carbocycles. The lowest BCUT2D eigenvalue weighted by Crippen LogP contribution is -2.34. The number of aldehydes is 1. The lowest BCUT2D eigenvalue weighted by molar-refractivity contribution is 0.112. The highest BCUT2D eigenvalue weighted by Gasteiger charge is 2.21. The van der Waals surface area contributed by atoms with Gasteiger partial charge in [-0.05, 0) is 11.6 Å². The number of hydrogen-bond donors (Lipinski definition) is 2. The van der Waals surface area contributed by atoms with Crippen LogP contribution in [0, 0.1) is 0 Å². The maximum atomic E-state index is 10.9. The predicted molar refractivity (Wildman–Crippen MR) is 72.4 cm³/mol. The molecule has 0 atom stereocenters. The van der Waals surface area contributed by atoms with Crippen molar-refractivity contribution >= 4 is 18.9 Å². The van der Waals surface area contributed by atoms with Crippen LogP contribution in [0.3, 0.4) is 0 Å². The Balaban J connectivity index is 2.23. The highest BCUT2D eigenvalue weighted by atomic mass is 16.5. The van der Waals surface area contributed by atoms with Crippen LogP contribution >= 0.6 is 0 Å². The molecule has 0 unspecified atom stereocenters. The van der Waals surface area contributed by atoms with E-state index in [1.165, 1.54) is 6.07 Å². The zero-order valence-electron chi connectivity index (χ0n) is 10.2. The van der Waals surface area contributed by atoms with Crippen LogP contribution in [0.25, 0.3) is 0 Å². The minimum Gasteiger partial charge on any atom is -0.489 e. The molecule has 5 heteroatoms. The van der Waals surface area contributed by atoms with Crippen molar-refractivity contribution in [3.8, 4) is 5.75 Å². The van der Waals surface area contributed by atoms with Gasteiger partial charge in [-0.2, -0.15) is 0 Å². The minimum atomic E-state index is -1.74. The van der Waals surface area contributed by atoms with Crippen molar-refractivity contribution in [2.75, 3.05) is 0 Å². The van der Waals surface area contributed by atoms with Gasteiger partial charge in [-0.15, -0.1) is 0 Å². The summed E-state index contributed by atoms with van der Waals surface area (Å²) >= 11 is 0. The molecule has 0 aliphatic rings. The standard InChI is InChI=1S/C14H13BO4/c16-9-12-7-4-8-13(14(12)15(17)18)19-10-11-5-2-1-3-6-11/h1-9,17-18H,10H2. The number of rotatable bonds is 5. The molecule has 0 saturated carbocycles. The number of benzene rings is 2. The van der Waals surface area contributed by atoms with Gasteiger partial charge in [0, 0.05) is 11.0 Å². The molecular weight excluding hydrogens is 243 g/mol. The number of hydrogen-bond acceptors (Lipinski definition) is 4. The highest BCUT2D eigenvalue weighted by Crippen LogP contribution is 2.12. The Morgan fingerprint density at radius 2 is 1.79 bits per heavy atom. The fraction of sp³-hybridized carbons (Fsp3) is 0.0714. The van der Waals surface area contributed by atoms with Crippen molar-refractivity contribution < 1.29 is 19.6 Å². The summed E-state index contributed by atoms with van der Waals surface area (Å²) in [6.45, 7) is 0.295. The van der Waals surface area contributed by atoms with Gasteiger partial charge in [0.25, 0.3) is 0 Å². The third-order valence-corrected chi connectivity index (χ3v) is 2.72. The molecule has 2 rings (SSSR count). The monoisotopic (exact) mass is 256 g/mol. The highest BCUT2D eigenvalue weighted by molar-refractivity contribution is 6.61. The quantitative estimate of drug-likeness (QED) is 0.612. The molecule has 4 nitrogen and oxygen atoms in total. The van der Waals surface area contributed by atoms with Crippen molar-refractivity contribution in [1.82, 2.24) is 0 Å². The first kappa shape index (κ1) is 13.3. The second kappa shape index (κ2) is 6.18. The van der Waals surface area contributed by atoms with E-state index in [0.717, 1.165) is 5.56 Å². The number of carbonyl (C=O) groups excluding carboxylic acids is 1. The Morgan fingerprint density at radius 1 is 1.05 bits per heavy atom. The second-order valence-corrected chi connectivity index (χ2v) is 4.02. The van der Waals surface area contributed by atoms with Crippen molar-refractivity contribution in [2.45, 2.75) is 6.61 Å². The Bertz CT molecular complexity index is 555. The molecule has 0 aliphatic heterocycles. The topological polar surface area (TPSA) is 66.8 Å². The van der Waals surface area contributed by atoms with Crippen LogP contribution in [0.1, 0.15) is 15.9 Å². The first-order valence-corrected chi connectivity index (χ1v) is 5.83. The van der Waals surface area contributed by atoms with E-state index < -0.39 is 7.12 Å². The molecule has 2 aromatic rings. The Hall–Kier alpha value is -2.11. The van der Waals surface area contributed by atoms with E-state index in [0.29, 0.717) is 18.6 Å². The summed E-state index contributed by atoms with van der Waals surface area (Å²) in [5, 5.41) is 18.7. The molecule has 0 fully saturated rings. The third-order valence-electron chi connectivity index (χ3n) is 2.72. The molecule has 2 N–H and O–H groups in total. The van der Waals surface area contributed by atoms with E-state index in [4.69, 9.17) is 4.74 Å². The maximum Gasteiger partial charge on any atom is 0.492 e. The zero-order valence-corrected chi connectivity index (χ0v) is 10.2. The third kappa shape index (κ3) is 3.22. The van der Waals surface area contributed by atoms with E-state index >= 15 is 0 Å². The minimum absolute atomic E-state index is 0.0911. The largest absolute Gasteiger partial charge is 0.492 e. The second-order valence-electron chi connectivity index (χ2n) is 4.02. The van der Waals surface area contributed by atoms with Crippen LogP contribution in [0.5, 0.6) is 5.75 Å². The average Bonchev–Trinajstić information content (AvgIpc) is 2.45. The summed E-state index contributed by atoms with van der Waals surface area (Å²) in [7, 11) is -1.74. The van der Waals surface area contributed by atoms with Gasteiger partial charge in [0.15, 0.2) is 0 Å². The summed E-state index contributed by atoms with van der Waals surface area (Å²) in [6, 6.07) is 14.2. The smallest absolute Gasteiger partial charge is 0.489 e. The van der Waals surface area contributed by atoms with Gasteiger partial charge in [0.1, 0.15) is 18.6 Å². The normalized spacial score (nSPS) is 10.0. The van der Waals surface area contributed by atoms with Gasteiger partial charge in [-0.25, -0.2) is 0 Å². The van der Waals surface area contributed by atoms with Crippen LogP contribution in [0.4, 0.5) is 0 Å². The van der Waals surface area contributed by atoms with E-state index in [-0.39, 0.29) is 11.0 Å². The van der Waals surface area contributed by atoms with Crippen LogP contribution in [0.15, 0.2) is 48.5 Å². The van der Waals surface area contributed by atoms with Gasteiger partial charge in [-0.1, -0.05) is 42.5 Å².